The summed E-state index contributed by atoms with van der Waals surface area (Å²) in [5.74, 6) is 0.987. The predicted molar refractivity (Wildman–Crippen MR) is 94.7 cm³/mol. The Balaban J connectivity index is 2.22. The van der Waals surface area contributed by atoms with Crippen LogP contribution in [0.25, 0.3) is 32.3 Å². The highest BCUT2D eigenvalue weighted by molar-refractivity contribution is 6.26. The van der Waals surface area contributed by atoms with Crippen molar-refractivity contribution in [2.75, 3.05) is 6.61 Å². The Morgan fingerprint density at radius 1 is 0.636 bits per heavy atom. The molecule has 0 spiro atoms. The monoisotopic (exact) mass is 286 g/mol. The van der Waals surface area contributed by atoms with Gasteiger partial charge in [-0.05, 0) is 39.4 Å². The van der Waals surface area contributed by atoms with Gasteiger partial charge in [0.1, 0.15) is 5.75 Å². The van der Waals surface area contributed by atoms with Gasteiger partial charge >= 0.3 is 0 Å². The molecule has 108 valence electrons. The number of rotatable bonds is 3. The Labute approximate surface area is 130 Å². The summed E-state index contributed by atoms with van der Waals surface area (Å²) >= 11 is 0. The van der Waals surface area contributed by atoms with Crippen molar-refractivity contribution in [3.05, 3.63) is 66.7 Å². The highest BCUT2D eigenvalue weighted by Gasteiger charge is 2.11. The average Bonchev–Trinajstić information content (AvgIpc) is 2.60. The van der Waals surface area contributed by atoms with E-state index in [-0.39, 0.29) is 0 Å². The van der Waals surface area contributed by atoms with Crippen LogP contribution in [0.3, 0.4) is 0 Å². The second-order valence-corrected chi connectivity index (χ2v) is 5.62. The van der Waals surface area contributed by atoms with Crippen LogP contribution in [0, 0.1) is 0 Å². The normalized spacial score (nSPS) is 11.3. The van der Waals surface area contributed by atoms with Gasteiger partial charge in [0.15, 0.2) is 0 Å². The molecular weight excluding hydrogens is 268 g/mol. The van der Waals surface area contributed by atoms with Gasteiger partial charge in [-0.15, -0.1) is 0 Å². The van der Waals surface area contributed by atoms with Crippen molar-refractivity contribution in [2.45, 2.75) is 13.3 Å². The fraction of sp³-hybridized carbons (Fsp3) is 0.143. The molecule has 0 fully saturated rings. The molecule has 0 aromatic heterocycles. The summed E-state index contributed by atoms with van der Waals surface area (Å²) in [6, 6.07) is 23.6. The first-order valence-electron chi connectivity index (χ1n) is 7.85. The van der Waals surface area contributed by atoms with Gasteiger partial charge in [0.25, 0.3) is 0 Å². The molecule has 0 saturated heterocycles. The van der Waals surface area contributed by atoms with Gasteiger partial charge in [-0.2, -0.15) is 0 Å². The van der Waals surface area contributed by atoms with E-state index in [1.165, 1.54) is 32.3 Å². The van der Waals surface area contributed by atoms with Crippen LogP contribution < -0.4 is 4.74 Å². The first-order valence-corrected chi connectivity index (χ1v) is 7.85. The van der Waals surface area contributed by atoms with E-state index in [1.54, 1.807) is 0 Å². The van der Waals surface area contributed by atoms with Crippen LogP contribution in [0.5, 0.6) is 5.75 Å². The van der Waals surface area contributed by atoms with Crippen molar-refractivity contribution in [3.8, 4) is 5.75 Å². The third-order valence-corrected chi connectivity index (χ3v) is 4.19. The van der Waals surface area contributed by atoms with E-state index < -0.39 is 0 Å². The van der Waals surface area contributed by atoms with Crippen molar-refractivity contribution >= 4 is 32.3 Å². The molecule has 0 unspecified atom stereocenters. The molecule has 1 heteroatoms. The third-order valence-electron chi connectivity index (χ3n) is 4.19. The van der Waals surface area contributed by atoms with Gasteiger partial charge in [0.05, 0.1) is 6.61 Å². The zero-order valence-electron chi connectivity index (χ0n) is 12.7. The number of benzene rings is 4. The van der Waals surface area contributed by atoms with Crippen LogP contribution in [0.15, 0.2) is 66.7 Å². The smallest absolute Gasteiger partial charge is 0.127 e. The van der Waals surface area contributed by atoms with E-state index in [0.29, 0.717) is 0 Å². The lowest BCUT2D eigenvalue weighted by molar-refractivity contribution is 0.321. The van der Waals surface area contributed by atoms with Crippen LogP contribution in [0.2, 0.25) is 0 Å². The molecule has 4 rings (SSSR count). The maximum atomic E-state index is 6.03. The summed E-state index contributed by atoms with van der Waals surface area (Å²) in [6.45, 7) is 2.89. The van der Waals surface area contributed by atoms with Gasteiger partial charge in [0.2, 0.25) is 0 Å². The SMILES string of the molecule is CCCOc1cccc2c3ccccc3c3ccccc3c12. The van der Waals surface area contributed by atoms with Crippen molar-refractivity contribution < 1.29 is 4.74 Å². The molecule has 0 aliphatic heterocycles. The molecule has 22 heavy (non-hydrogen) atoms. The summed E-state index contributed by atoms with van der Waals surface area (Å²) < 4.78 is 6.03. The molecule has 0 saturated carbocycles. The maximum Gasteiger partial charge on any atom is 0.127 e. The Bertz CT molecular complexity index is 924. The zero-order chi connectivity index (χ0) is 14.9. The lowest BCUT2D eigenvalue weighted by Gasteiger charge is -2.14. The molecule has 0 atom stereocenters. The molecule has 0 N–H and O–H groups in total. The van der Waals surface area contributed by atoms with Gasteiger partial charge in [-0.25, -0.2) is 0 Å². The van der Waals surface area contributed by atoms with Gasteiger partial charge in [-0.1, -0.05) is 67.6 Å². The number of fused-ring (bicyclic) bond motifs is 6. The van der Waals surface area contributed by atoms with Gasteiger partial charge in [-0.3, -0.25) is 0 Å². The summed E-state index contributed by atoms with van der Waals surface area (Å²) in [7, 11) is 0. The fourth-order valence-electron chi connectivity index (χ4n) is 3.25. The van der Waals surface area contributed by atoms with Crippen LogP contribution in [-0.4, -0.2) is 6.61 Å². The topological polar surface area (TPSA) is 9.23 Å². The standard InChI is InChI=1S/C21H18O/c1-2-14-22-20-13-7-12-19-17-9-4-3-8-15(17)16-10-5-6-11-18(16)21(19)20/h3-13H,2,14H2,1H3. The Kier molecular flexibility index (Phi) is 3.19. The van der Waals surface area contributed by atoms with Crippen molar-refractivity contribution in [3.63, 3.8) is 0 Å². The van der Waals surface area contributed by atoms with Crippen molar-refractivity contribution in [1.29, 1.82) is 0 Å². The molecule has 0 aliphatic carbocycles. The number of ether oxygens (including phenoxy) is 1. The van der Waals surface area contributed by atoms with Gasteiger partial charge < -0.3 is 4.74 Å². The van der Waals surface area contributed by atoms with Gasteiger partial charge in [0, 0.05) is 5.39 Å². The summed E-state index contributed by atoms with van der Waals surface area (Å²) in [5, 5.41) is 7.64. The first-order chi connectivity index (χ1) is 10.9. The molecule has 0 aliphatic rings. The van der Waals surface area contributed by atoms with E-state index in [9.17, 15) is 0 Å². The highest BCUT2D eigenvalue weighted by Crippen LogP contribution is 2.39. The Morgan fingerprint density at radius 3 is 1.73 bits per heavy atom. The lowest BCUT2D eigenvalue weighted by Crippen LogP contribution is -1.96. The molecule has 0 amide bonds. The molecule has 4 aromatic rings. The summed E-state index contributed by atoms with van der Waals surface area (Å²) in [6.07, 6.45) is 1.02. The predicted octanol–water partition coefficient (Wildman–Crippen LogP) is 5.94. The van der Waals surface area contributed by atoms with Crippen LogP contribution in [0.4, 0.5) is 0 Å². The van der Waals surface area contributed by atoms with Crippen molar-refractivity contribution in [2.24, 2.45) is 0 Å². The molecule has 4 aromatic carbocycles. The summed E-state index contributed by atoms with van der Waals surface area (Å²) in [4.78, 5) is 0. The highest BCUT2D eigenvalue weighted by atomic mass is 16.5. The quantitative estimate of drug-likeness (QED) is 0.424. The minimum atomic E-state index is 0.750. The Hall–Kier alpha value is -2.54. The zero-order valence-corrected chi connectivity index (χ0v) is 12.7. The molecule has 0 radical (unpaired) electrons. The minimum Gasteiger partial charge on any atom is -0.493 e. The van der Waals surface area contributed by atoms with E-state index in [0.717, 1.165) is 18.8 Å². The minimum absolute atomic E-state index is 0.750. The van der Waals surface area contributed by atoms with Crippen LogP contribution >= 0.6 is 0 Å². The molecule has 0 heterocycles. The van der Waals surface area contributed by atoms with E-state index in [1.807, 2.05) is 0 Å². The Morgan fingerprint density at radius 2 is 1.14 bits per heavy atom. The van der Waals surface area contributed by atoms with Crippen molar-refractivity contribution in [1.82, 2.24) is 0 Å². The summed E-state index contributed by atoms with van der Waals surface area (Å²) in [5.41, 5.74) is 0. The van der Waals surface area contributed by atoms with Crippen LogP contribution in [0.1, 0.15) is 13.3 Å². The first kappa shape index (κ1) is 13.1. The average molecular weight is 286 g/mol. The molecule has 1 nitrogen and oxygen atoms in total. The second kappa shape index (κ2) is 5.34. The van der Waals surface area contributed by atoms with E-state index in [2.05, 4.69) is 73.7 Å². The second-order valence-electron chi connectivity index (χ2n) is 5.62. The number of hydrogen-bond acceptors (Lipinski definition) is 1. The molecule has 0 bridgehead atoms. The van der Waals surface area contributed by atoms with Crippen LogP contribution in [-0.2, 0) is 0 Å². The van der Waals surface area contributed by atoms with E-state index in [4.69, 9.17) is 4.74 Å². The van der Waals surface area contributed by atoms with E-state index >= 15 is 0 Å². The maximum absolute atomic E-state index is 6.03. The number of hydrogen-bond donors (Lipinski definition) is 0. The lowest BCUT2D eigenvalue weighted by atomic mass is 9.94. The largest absolute Gasteiger partial charge is 0.493 e. The molecular formula is C21H18O. The third kappa shape index (κ3) is 1.93. The fourth-order valence-corrected chi connectivity index (χ4v) is 3.25.